The predicted molar refractivity (Wildman–Crippen MR) is 95.5 cm³/mol. The van der Waals surface area contributed by atoms with Gasteiger partial charge in [-0.25, -0.2) is 9.78 Å². The fourth-order valence-electron chi connectivity index (χ4n) is 3.39. The Kier molecular flexibility index (Phi) is 4.33. The Morgan fingerprint density at radius 3 is 3.04 bits per heavy atom. The van der Waals surface area contributed by atoms with Crippen molar-refractivity contribution in [1.82, 2.24) is 20.1 Å². The Balaban J connectivity index is 1.55. The van der Waals surface area contributed by atoms with Crippen LogP contribution in [0.1, 0.15) is 39.9 Å². The molecule has 3 heterocycles. The molecule has 25 heavy (non-hydrogen) atoms. The third kappa shape index (κ3) is 3.20. The molecule has 0 unspecified atom stereocenters. The summed E-state index contributed by atoms with van der Waals surface area (Å²) in [5.74, 6) is -0.913. The molecule has 3 aromatic rings. The van der Waals surface area contributed by atoms with Crippen LogP contribution in [0.4, 0.5) is 0 Å². The van der Waals surface area contributed by atoms with Gasteiger partial charge in [0.1, 0.15) is 5.01 Å². The quantitative estimate of drug-likeness (QED) is 0.732. The van der Waals surface area contributed by atoms with E-state index >= 15 is 0 Å². The molecule has 0 spiro atoms. The number of aromatic carboxylic acids is 1. The SMILES string of the molecule is O=C(O)c1ccccc1-c1cnc(CN2CCC[C@H]2c2ccn[nH]2)s1. The van der Waals surface area contributed by atoms with Crippen LogP contribution in [0.5, 0.6) is 0 Å². The van der Waals surface area contributed by atoms with Crippen LogP contribution in [-0.4, -0.2) is 37.7 Å². The van der Waals surface area contributed by atoms with Crippen molar-refractivity contribution in [2.45, 2.75) is 25.4 Å². The first-order chi connectivity index (χ1) is 12.2. The Labute approximate surface area is 149 Å². The number of carboxylic acids is 1. The molecule has 0 amide bonds. The standard InChI is InChI=1S/C18H18N4O2S/c23-18(24)13-5-2-1-4-12(13)16-10-19-17(25-16)11-22-9-3-6-15(22)14-7-8-20-21-14/h1-2,4-5,7-8,10,15H,3,6,9,11H2,(H,20,21)(H,23,24)/t15-/m0/s1. The lowest BCUT2D eigenvalue weighted by atomic mass is 10.1. The maximum Gasteiger partial charge on any atom is 0.336 e. The van der Waals surface area contributed by atoms with Crippen molar-refractivity contribution in [2.75, 3.05) is 6.54 Å². The number of thiazole rings is 1. The number of rotatable bonds is 5. The molecule has 0 bridgehead atoms. The normalized spacial score (nSPS) is 17.8. The molecule has 2 aromatic heterocycles. The van der Waals surface area contributed by atoms with Gasteiger partial charge in [0.25, 0.3) is 0 Å². The van der Waals surface area contributed by atoms with Gasteiger partial charge in [-0.1, -0.05) is 18.2 Å². The Morgan fingerprint density at radius 2 is 2.24 bits per heavy atom. The van der Waals surface area contributed by atoms with Gasteiger partial charge < -0.3 is 5.11 Å². The van der Waals surface area contributed by atoms with Gasteiger partial charge in [-0.15, -0.1) is 11.3 Å². The lowest BCUT2D eigenvalue weighted by Gasteiger charge is -2.22. The Morgan fingerprint density at radius 1 is 1.36 bits per heavy atom. The van der Waals surface area contributed by atoms with Gasteiger partial charge in [0, 0.05) is 18.0 Å². The molecule has 1 aromatic carbocycles. The second-order valence-electron chi connectivity index (χ2n) is 6.11. The minimum atomic E-state index is -0.913. The molecular formula is C18H18N4O2S. The number of aromatic nitrogens is 3. The largest absolute Gasteiger partial charge is 0.478 e. The maximum atomic E-state index is 11.4. The van der Waals surface area contributed by atoms with E-state index in [0.717, 1.165) is 47.1 Å². The van der Waals surface area contributed by atoms with E-state index in [1.807, 2.05) is 18.2 Å². The lowest BCUT2D eigenvalue weighted by molar-refractivity contribution is 0.0698. The van der Waals surface area contributed by atoms with E-state index in [9.17, 15) is 9.90 Å². The molecule has 1 saturated heterocycles. The van der Waals surface area contributed by atoms with E-state index in [1.165, 1.54) is 0 Å². The highest BCUT2D eigenvalue weighted by atomic mass is 32.1. The number of carbonyl (C=O) groups is 1. The highest BCUT2D eigenvalue weighted by Gasteiger charge is 2.27. The summed E-state index contributed by atoms with van der Waals surface area (Å²) in [6.07, 6.45) is 5.84. The molecule has 0 radical (unpaired) electrons. The van der Waals surface area contributed by atoms with Gasteiger partial charge in [0.15, 0.2) is 0 Å². The second-order valence-corrected chi connectivity index (χ2v) is 7.22. The van der Waals surface area contributed by atoms with Crippen LogP contribution >= 0.6 is 11.3 Å². The van der Waals surface area contributed by atoms with E-state index in [-0.39, 0.29) is 0 Å². The van der Waals surface area contributed by atoms with E-state index in [4.69, 9.17) is 0 Å². The van der Waals surface area contributed by atoms with Crippen molar-refractivity contribution in [3.63, 3.8) is 0 Å². The van der Waals surface area contributed by atoms with Crippen LogP contribution in [0.25, 0.3) is 10.4 Å². The highest BCUT2D eigenvalue weighted by molar-refractivity contribution is 7.15. The number of nitrogens with one attached hydrogen (secondary N) is 1. The fraction of sp³-hybridized carbons (Fsp3) is 0.278. The van der Waals surface area contributed by atoms with Gasteiger partial charge in [0.05, 0.1) is 28.7 Å². The third-order valence-electron chi connectivity index (χ3n) is 4.56. The molecule has 7 heteroatoms. The topological polar surface area (TPSA) is 82.1 Å². The average molecular weight is 354 g/mol. The van der Waals surface area contributed by atoms with E-state index < -0.39 is 5.97 Å². The highest BCUT2D eigenvalue weighted by Crippen LogP contribution is 2.34. The molecule has 0 aliphatic carbocycles. The molecule has 1 atom stereocenters. The van der Waals surface area contributed by atoms with Crippen LogP contribution < -0.4 is 0 Å². The van der Waals surface area contributed by atoms with Crippen molar-refractivity contribution in [3.8, 4) is 10.4 Å². The number of H-pyrrole nitrogens is 1. The van der Waals surface area contributed by atoms with Gasteiger partial charge in [-0.3, -0.25) is 10.00 Å². The molecule has 0 saturated carbocycles. The van der Waals surface area contributed by atoms with Gasteiger partial charge in [-0.05, 0) is 31.5 Å². The van der Waals surface area contributed by atoms with Crippen LogP contribution in [0, 0.1) is 0 Å². The zero-order valence-corrected chi connectivity index (χ0v) is 14.4. The summed E-state index contributed by atoms with van der Waals surface area (Å²) in [6, 6.07) is 9.44. The summed E-state index contributed by atoms with van der Waals surface area (Å²) >= 11 is 1.56. The first kappa shape index (κ1) is 16.0. The summed E-state index contributed by atoms with van der Waals surface area (Å²) in [6.45, 7) is 1.80. The summed E-state index contributed by atoms with van der Waals surface area (Å²) < 4.78 is 0. The molecule has 6 nitrogen and oxygen atoms in total. The van der Waals surface area contributed by atoms with Gasteiger partial charge >= 0.3 is 5.97 Å². The summed E-state index contributed by atoms with van der Waals surface area (Å²) in [4.78, 5) is 19.2. The third-order valence-corrected chi connectivity index (χ3v) is 5.58. The summed E-state index contributed by atoms with van der Waals surface area (Å²) in [5, 5.41) is 17.5. The first-order valence-electron chi connectivity index (χ1n) is 8.23. The number of aromatic amines is 1. The van der Waals surface area contributed by atoms with Crippen molar-refractivity contribution < 1.29 is 9.90 Å². The Bertz CT molecular complexity index is 875. The molecule has 1 fully saturated rings. The number of hydrogen-bond acceptors (Lipinski definition) is 5. The summed E-state index contributed by atoms with van der Waals surface area (Å²) in [7, 11) is 0. The number of hydrogen-bond donors (Lipinski definition) is 2. The molecule has 4 rings (SSSR count). The average Bonchev–Trinajstić information content (AvgIpc) is 3.36. The molecule has 1 aliphatic heterocycles. The van der Waals surface area contributed by atoms with E-state index in [0.29, 0.717) is 11.6 Å². The zero-order chi connectivity index (χ0) is 17.2. The maximum absolute atomic E-state index is 11.4. The Hall–Kier alpha value is -2.51. The zero-order valence-electron chi connectivity index (χ0n) is 13.6. The number of carboxylic acid groups (broad SMARTS) is 1. The van der Waals surface area contributed by atoms with Crippen LogP contribution in [-0.2, 0) is 6.54 Å². The molecular weight excluding hydrogens is 336 g/mol. The fourth-order valence-corrected chi connectivity index (χ4v) is 4.37. The predicted octanol–water partition coefficient (Wildman–Crippen LogP) is 3.57. The molecule has 1 aliphatic rings. The van der Waals surface area contributed by atoms with Crippen molar-refractivity contribution in [3.05, 3.63) is 59.0 Å². The van der Waals surface area contributed by atoms with Crippen LogP contribution in [0.15, 0.2) is 42.7 Å². The lowest BCUT2D eigenvalue weighted by Crippen LogP contribution is -2.22. The van der Waals surface area contributed by atoms with E-state index in [2.05, 4.69) is 20.1 Å². The van der Waals surface area contributed by atoms with Gasteiger partial charge in [-0.2, -0.15) is 5.10 Å². The van der Waals surface area contributed by atoms with Crippen molar-refractivity contribution >= 4 is 17.3 Å². The van der Waals surface area contributed by atoms with Crippen molar-refractivity contribution in [2.24, 2.45) is 0 Å². The number of nitrogens with zero attached hydrogens (tertiary/aromatic N) is 3. The second kappa shape index (κ2) is 6.78. The smallest absolute Gasteiger partial charge is 0.336 e. The summed E-state index contributed by atoms with van der Waals surface area (Å²) in [5.41, 5.74) is 2.19. The number of likely N-dealkylation sites (tertiary alicyclic amines) is 1. The van der Waals surface area contributed by atoms with Crippen LogP contribution in [0.3, 0.4) is 0 Å². The number of benzene rings is 1. The van der Waals surface area contributed by atoms with Crippen molar-refractivity contribution in [1.29, 1.82) is 0 Å². The minimum absolute atomic E-state index is 0.314. The monoisotopic (exact) mass is 354 g/mol. The van der Waals surface area contributed by atoms with Crippen LogP contribution in [0.2, 0.25) is 0 Å². The van der Waals surface area contributed by atoms with Gasteiger partial charge in [0.2, 0.25) is 0 Å². The molecule has 128 valence electrons. The minimum Gasteiger partial charge on any atom is -0.478 e. The first-order valence-corrected chi connectivity index (χ1v) is 9.05. The molecule has 2 N–H and O–H groups in total. The van der Waals surface area contributed by atoms with E-state index in [1.54, 1.807) is 35.9 Å².